The number of fused-ring (bicyclic) bond motifs is 2. The lowest BCUT2D eigenvalue weighted by Crippen LogP contribution is -2.38. The Kier molecular flexibility index (Phi) is 4.51. The molecule has 1 saturated heterocycles. The van der Waals surface area contributed by atoms with Crippen molar-refractivity contribution in [2.45, 2.75) is 19.3 Å². The van der Waals surface area contributed by atoms with Gasteiger partial charge >= 0.3 is 5.97 Å². The van der Waals surface area contributed by atoms with Crippen molar-refractivity contribution in [1.29, 1.82) is 0 Å². The highest BCUT2D eigenvalue weighted by Gasteiger charge is 2.47. The molecule has 0 saturated carbocycles. The highest BCUT2D eigenvalue weighted by molar-refractivity contribution is 6.07. The standard InChI is InChI=1S/C20H20N2O5/c23-17(21-10-9-13-5-1-4-8-16(13)21)12-27-18(24)11-22-19(25)14-6-2-3-7-15(14)20(22)26/h1-5,8,14-15H,6-7,9-12H2/t14-,15+. The van der Waals surface area contributed by atoms with Gasteiger partial charge in [-0.2, -0.15) is 0 Å². The first kappa shape index (κ1) is 17.5. The largest absolute Gasteiger partial charge is 0.454 e. The zero-order chi connectivity index (χ0) is 19.0. The first-order valence-electron chi connectivity index (χ1n) is 9.10. The van der Waals surface area contributed by atoms with E-state index in [-0.39, 0.29) is 29.6 Å². The van der Waals surface area contributed by atoms with Crippen LogP contribution in [0.1, 0.15) is 18.4 Å². The number of allylic oxidation sites excluding steroid dienone is 2. The molecule has 7 nitrogen and oxygen atoms in total. The highest BCUT2D eigenvalue weighted by atomic mass is 16.5. The van der Waals surface area contributed by atoms with Gasteiger partial charge in [0.05, 0.1) is 11.8 Å². The summed E-state index contributed by atoms with van der Waals surface area (Å²) in [5.74, 6) is -2.47. The molecule has 140 valence electrons. The van der Waals surface area contributed by atoms with Gasteiger partial charge in [0.1, 0.15) is 6.54 Å². The minimum Gasteiger partial charge on any atom is -0.454 e. The number of likely N-dealkylation sites (tertiary alicyclic amines) is 1. The molecule has 3 amide bonds. The van der Waals surface area contributed by atoms with Gasteiger partial charge in [0, 0.05) is 12.2 Å². The van der Waals surface area contributed by atoms with Gasteiger partial charge in [-0.3, -0.25) is 24.1 Å². The molecule has 1 aromatic rings. The van der Waals surface area contributed by atoms with Crippen LogP contribution in [0.15, 0.2) is 36.4 Å². The number of benzene rings is 1. The topological polar surface area (TPSA) is 84.0 Å². The van der Waals surface area contributed by atoms with Crippen LogP contribution in [-0.2, 0) is 30.3 Å². The maximum Gasteiger partial charge on any atom is 0.326 e. The summed E-state index contributed by atoms with van der Waals surface area (Å²) in [5.41, 5.74) is 1.92. The summed E-state index contributed by atoms with van der Waals surface area (Å²) in [4.78, 5) is 51.8. The van der Waals surface area contributed by atoms with Gasteiger partial charge in [0.15, 0.2) is 6.61 Å². The zero-order valence-corrected chi connectivity index (χ0v) is 14.8. The lowest BCUT2D eigenvalue weighted by molar-refractivity contribution is -0.154. The van der Waals surface area contributed by atoms with E-state index in [4.69, 9.17) is 4.74 Å². The molecule has 2 heterocycles. The third-order valence-electron chi connectivity index (χ3n) is 5.43. The van der Waals surface area contributed by atoms with Crippen LogP contribution >= 0.6 is 0 Å². The van der Waals surface area contributed by atoms with Crippen LogP contribution in [0.3, 0.4) is 0 Å². The molecule has 0 unspecified atom stereocenters. The van der Waals surface area contributed by atoms with Gasteiger partial charge in [-0.1, -0.05) is 30.4 Å². The number of ether oxygens (including phenoxy) is 1. The van der Waals surface area contributed by atoms with Crippen molar-refractivity contribution in [3.8, 4) is 0 Å². The molecule has 2 aliphatic heterocycles. The van der Waals surface area contributed by atoms with Crippen LogP contribution < -0.4 is 4.90 Å². The van der Waals surface area contributed by atoms with Crippen molar-refractivity contribution >= 4 is 29.4 Å². The molecule has 1 fully saturated rings. The molecule has 4 rings (SSSR count). The van der Waals surface area contributed by atoms with Crippen LogP contribution in [0.2, 0.25) is 0 Å². The smallest absolute Gasteiger partial charge is 0.326 e. The van der Waals surface area contributed by atoms with Crippen molar-refractivity contribution < 1.29 is 23.9 Å². The van der Waals surface area contributed by atoms with Crippen molar-refractivity contribution in [3.63, 3.8) is 0 Å². The van der Waals surface area contributed by atoms with E-state index < -0.39 is 19.1 Å². The second kappa shape index (κ2) is 6.98. The second-order valence-electron chi connectivity index (χ2n) is 7.00. The molecule has 0 spiro atoms. The average Bonchev–Trinajstić information content (AvgIpc) is 3.22. The molecular weight excluding hydrogens is 348 g/mol. The SMILES string of the molecule is O=C(CN1C(=O)[C@H]2CC=CC[C@H]2C1=O)OCC(=O)N1CCc2ccccc21. The first-order chi connectivity index (χ1) is 13.1. The fourth-order valence-corrected chi connectivity index (χ4v) is 4.02. The summed E-state index contributed by atoms with van der Waals surface area (Å²) in [6, 6.07) is 7.60. The summed E-state index contributed by atoms with van der Waals surface area (Å²) >= 11 is 0. The average molecular weight is 368 g/mol. The Morgan fingerprint density at radius 1 is 1.04 bits per heavy atom. The van der Waals surface area contributed by atoms with Crippen LogP contribution in [-0.4, -0.2) is 48.3 Å². The number of carbonyl (C=O) groups excluding carboxylic acids is 4. The van der Waals surface area contributed by atoms with E-state index in [1.807, 2.05) is 36.4 Å². The number of anilines is 1. The van der Waals surface area contributed by atoms with Gasteiger partial charge in [-0.15, -0.1) is 0 Å². The molecular formula is C20H20N2O5. The summed E-state index contributed by atoms with van der Waals surface area (Å²) < 4.78 is 5.05. The molecule has 2 atom stereocenters. The fraction of sp³-hybridized carbons (Fsp3) is 0.400. The minimum absolute atomic E-state index is 0.315. The number of hydrogen-bond acceptors (Lipinski definition) is 5. The Hall–Kier alpha value is -2.96. The van der Waals surface area contributed by atoms with Gasteiger partial charge < -0.3 is 9.64 Å². The van der Waals surface area contributed by atoms with Crippen molar-refractivity contribution in [3.05, 3.63) is 42.0 Å². The van der Waals surface area contributed by atoms with Crippen molar-refractivity contribution in [2.75, 3.05) is 24.6 Å². The summed E-state index contributed by atoms with van der Waals surface area (Å²) in [5, 5.41) is 0. The Labute approximate surface area is 156 Å². The number of para-hydroxylation sites is 1. The van der Waals surface area contributed by atoms with Crippen molar-refractivity contribution in [1.82, 2.24) is 4.90 Å². The molecule has 27 heavy (non-hydrogen) atoms. The Balaban J connectivity index is 1.32. The quantitative estimate of drug-likeness (QED) is 0.451. The third-order valence-corrected chi connectivity index (χ3v) is 5.43. The normalized spacial score (nSPS) is 23.4. The van der Waals surface area contributed by atoms with Crippen LogP contribution in [0.25, 0.3) is 0 Å². The van der Waals surface area contributed by atoms with E-state index in [9.17, 15) is 19.2 Å². The number of amides is 3. The molecule has 1 aliphatic carbocycles. The number of imide groups is 1. The van der Waals surface area contributed by atoms with E-state index in [1.54, 1.807) is 4.90 Å². The Morgan fingerprint density at radius 3 is 2.41 bits per heavy atom. The highest BCUT2D eigenvalue weighted by Crippen LogP contribution is 2.34. The van der Waals surface area contributed by atoms with E-state index in [0.29, 0.717) is 19.4 Å². The molecule has 7 heteroatoms. The maximum atomic E-state index is 12.4. The Morgan fingerprint density at radius 2 is 1.70 bits per heavy atom. The number of hydrogen-bond donors (Lipinski definition) is 0. The van der Waals surface area contributed by atoms with Crippen LogP contribution in [0.5, 0.6) is 0 Å². The van der Waals surface area contributed by atoms with E-state index in [0.717, 1.165) is 22.6 Å². The summed E-state index contributed by atoms with van der Waals surface area (Å²) in [6.45, 7) is -0.290. The molecule has 0 aromatic heterocycles. The number of esters is 1. The van der Waals surface area contributed by atoms with Gasteiger partial charge in [0.2, 0.25) is 11.8 Å². The van der Waals surface area contributed by atoms with Crippen molar-refractivity contribution in [2.24, 2.45) is 11.8 Å². The van der Waals surface area contributed by atoms with Crippen LogP contribution in [0.4, 0.5) is 5.69 Å². The van der Waals surface area contributed by atoms with Crippen LogP contribution in [0, 0.1) is 11.8 Å². The lowest BCUT2D eigenvalue weighted by Gasteiger charge is -2.18. The van der Waals surface area contributed by atoms with Gasteiger partial charge in [-0.05, 0) is 30.9 Å². The molecule has 0 radical (unpaired) electrons. The summed E-state index contributed by atoms with van der Waals surface area (Å²) in [6.07, 6.45) is 5.59. The van der Waals surface area contributed by atoms with Gasteiger partial charge in [0.25, 0.3) is 5.91 Å². The number of carbonyl (C=O) groups is 4. The second-order valence-corrected chi connectivity index (χ2v) is 7.00. The maximum absolute atomic E-state index is 12.4. The van der Waals surface area contributed by atoms with Gasteiger partial charge in [-0.25, -0.2) is 0 Å². The fourth-order valence-electron chi connectivity index (χ4n) is 4.02. The lowest BCUT2D eigenvalue weighted by atomic mass is 9.85. The first-order valence-corrected chi connectivity index (χ1v) is 9.10. The monoisotopic (exact) mass is 368 g/mol. The Bertz CT molecular complexity index is 821. The van der Waals surface area contributed by atoms with E-state index in [2.05, 4.69) is 0 Å². The zero-order valence-electron chi connectivity index (χ0n) is 14.8. The minimum atomic E-state index is -0.746. The van der Waals surface area contributed by atoms with E-state index >= 15 is 0 Å². The predicted molar refractivity (Wildman–Crippen MR) is 95.5 cm³/mol. The number of rotatable bonds is 4. The summed E-state index contributed by atoms with van der Waals surface area (Å²) in [7, 11) is 0. The predicted octanol–water partition coefficient (Wildman–Crippen LogP) is 1.07. The molecule has 0 N–H and O–H groups in total. The van der Waals surface area contributed by atoms with E-state index in [1.165, 1.54) is 0 Å². The molecule has 3 aliphatic rings. The third kappa shape index (κ3) is 3.13. The molecule has 1 aromatic carbocycles. The molecule has 0 bridgehead atoms. The number of nitrogens with zero attached hydrogens (tertiary/aromatic N) is 2.